The Hall–Kier alpha value is -2.73. The summed E-state index contributed by atoms with van der Waals surface area (Å²) in [6.45, 7) is 5.87. The summed E-state index contributed by atoms with van der Waals surface area (Å²) in [4.78, 5) is 38.2. The number of aryl methyl sites for hydroxylation is 1. The first-order chi connectivity index (χ1) is 17.6. The Morgan fingerprint density at radius 2 is 1.79 bits per heavy atom. The number of carbonyl (C=O) groups is 1. The van der Waals surface area contributed by atoms with Crippen molar-refractivity contribution in [3.8, 4) is 16.9 Å². The minimum absolute atomic E-state index is 0. The van der Waals surface area contributed by atoms with Crippen molar-refractivity contribution in [2.75, 3.05) is 6.54 Å². The van der Waals surface area contributed by atoms with Crippen LogP contribution in [0.15, 0.2) is 80.8 Å². The van der Waals surface area contributed by atoms with Gasteiger partial charge in [0.15, 0.2) is 5.69 Å². The first-order valence-corrected chi connectivity index (χ1v) is 11.7. The molecule has 2 N–H and O–H groups in total. The Morgan fingerprint density at radius 3 is 2.42 bits per heavy atom. The third kappa shape index (κ3) is 8.13. The van der Waals surface area contributed by atoms with Gasteiger partial charge in [0, 0.05) is 18.7 Å². The number of carbonyl (C=O) groups excluding carboxylic acids is 1. The van der Waals surface area contributed by atoms with E-state index in [2.05, 4.69) is 10.3 Å². The molecule has 4 aromatic rings. The van der Waals surface area contributed by atoms with Crippen molar-refractivity contribution in [3.05, 3.63) is 110 Å². The minimum atomic E-state index is -0.976. The fraction of sp³-hybridized carbons (Fsp3) is 0.250. The van der Waals surface area contributed by atoms with E-state index in [1.54, 1.807) is 44.2 Å². The van der Waals surface area contributed by atoms with Gasteiger partial charge in [0.1, 0.15) is 12.4 Å². The number of nitrogens with zero attached hydrogens (tertiary/aromatic N) is 2. The summed E-state index contributed by atoms with van der Waals surface area (Å²) in [5.41, 5.74) is 3.56. The predicted molar refractivity (Wildman–Crippen MR) is 138 cm³/mol. The van der Waals surface area contributed by atoms with Gasteiger partial charge in [-0.15, -0.1) is 0 Å². The monoisotopic (exact) mass is 541 g/mol. The summed E-state index contributed by atoms with van der Waals surface area (Å²) in [7, 11) is 0. The summed E-state index contributed by atoms with van der Waals surface area (Å²) in [5.74, 6) is -0.486. The van der Waals surface area contributed by atoms with E-state index in [-0.39, 0.29) is 70.4 Å². The van der Waals surface area contributed by atoms with E-state index in [0.29, 0.717) is 17.9 Å². The molecule has 1 amide bonds. The third-order valence-electron chi connectivity index (χ3n) is 5.65. The number of benzene rings is 3. The molecule has 192 valence electrons. The van der Waals surface area contributed by atoms with Gasteiger partial charge in [0.2, 0.25) is 0 Å². The molecule has 0 bridgehead atoms. The molecule has 0 saturated carbocycles. The van der Waals surface area contributed by atoms with Crippen LogP contribution >= 0.6 is 0 Å². The molecule has 0 atom stereocenters. The molecular formula is C28H28KN3O6. The van der Waals surface area contributed by atoms with E-state index >= 15 is 0 Å². The standard InChI is InChI=1S/C28H29N3O6.K/c1-18-13-22(25(32)29-17-28(2,3)35)9-12-24(18)21-6-4-5-20(14-21)16-36-23-10-7-19(8-11-23)15-31-26(33)30-27(34)37-31;/h4-14,35H,15-17H2,1-3H3,(H2,29,30,32,33,34);/q;+1/p-1. The number of hydrogen-bond donors (Lipinski definition) is 2. The largest absolute Gasteiger partial charge is 1.00 e. The number of nitrogens with one attached hydrogen (secondary N) is 1. The Morgan fingerprint density at radius 1 is 1.05 bits per heavy atom. The quantitative estimate of drug-likeness (QED) is 0.283. The Balaban J connectivity index is 0.00000400. The zero-order valence-electron chi connectivity index (χ0n) is 21.9. The molecule has 0 spiro atoms. The molecule has 0 aliphatic heterocycles. The number of aromatic nitrogens is 2. The van der Waals surface area contributed by atoms with E-state index in [4.69, 9.17) is 9.26 Å². The summed E-state index contributed by atoms with van der Waals surface area (Å²) in [6, 6.07) is 20.7. The van der Waals surface area contributed by atoms with E-state index in [0.717, 1.165) is 32.6 Å². The normalized spacial score (nSPS) is 11.1. The van der Waals surface area contributed by atoms with E-state index in [9.17, 15) is 19.5 Å². The van der Waals surface area contributed by atoms with E-state index in [1.165, 1.54) is 0 Å². The molecule has 0 aliphatic rings. The fourth-order valence-electron chi connectivity index (χ4n) is 3.77. The smallest absolute Gasteiger partial charge is 0.489 e. The molecule has 0 aliphatic carbocycles. The fourth-order valence-corrected chi connectivity index (χ4v) is 3.77. The molecule has 1 heterocycles. The van der Waals surface area contributed by atoms with Crippen molar-refractivity contribution >= 4 is 5.91 Å². The van der Waals surface area contributed by atoms with Crippen molar-refractivity contribution in [2.45, 2.75) is 39.5 Å². The van der Waals surface area contributed by atoms with Gasteiger partial charge >= 0.3 is 57.1 Å². The molecule has 0 unspecified atom stereocenters. The van der Waals surface area contributed by atoms with E-state index in [1.807, 2.05) is 43.3 Å². The molecule has 3 aromatic carbocycles. The average Bonchev–Trinajstić information content (AvgIpc) is 3.17. The summed E-state index contributed by atoms with van der Waals surface area (Å²) >= 11 is 0. The number of aliphatic hydroxyl groups is 1. The maximum Gasteiger partial charge on any atom is 1.00 e. The van der Waals surface area contributed by atoms with Gasteiger partial charge < -0.3 is 24.7 Å². The topological polar surface area (TPSA) is 125 Å². The molecule has 0 radical (unpaired) electrons. The second-order valence-corrected chi connectivity index (χ2v) is 9.45. The van der Waals surface area contributed by atoms with Crippen molar-refractivity contribution < 1.29 is 70.5 Å². The van der Waals surface area contributed by atoms with Crippen LogP contribution in [0.4, 0.5) is 0 Å². The Kier molecular flexibility index (Phi) is 10.1. The molecular weight excluding hydrogens is 513 g/mol. The van der Waals surface area contributed by atoms with Gasteiger partial charge in [0.25, 0.3) is 5.91 Å². The van der Waals surface area contributed by atoms with Crippen LogP contribution in [0.5, 0.6) is 5.75 Å². The number of amides is 1. The Bertz CT molecular complexity index is 1510. The van der Waals surface area contributed by atoms with Crippen LogP contribution in [-0.4, -0.2) is 27.9 Å². The SMILES string of the molecule is Cc1cc(C(=O)NCC(C)(C)O)ccc1-c1cccc(COc2ccc(Cn3oc(=O)[n-]c3=O)cc2)c1.[K+]. The predicted octanol–water partition coefficient (Wildman–Crippen LogP) is -0.134. The van der Waals surface area contributed by atoms with Gasteiger partial charge in [0.05, 0.1) is 5.60 Å². The molecule has 0 fully saturated rings. The van der Waals surface area contributed by atoms with Gasteiger partial charge in [-0.3, -0.25) is 14.3 Å². The summed E-state index contributed by atoms with van der Waals surface area (Å²) in [6.07, 6.45) is 0. The second-order valence-electron chi connectivity index (χ2n) is 9.45. The minimum Gasteiger partial charge on any atom is -0.489 e. The molecule has 38 heavy (non-hydrogen) atoms. The van der Waals surface area contributed by atoms with Crippen LogP contribution < -0.4 is 77.9 Å². The zero-order chi connectivity index (χ0) is 26.6. The van der Waals surface area contributed by atoms with Crippen molar-refractivity contribution in [3.63, 3.8) is 0 Å². The number of rotatable bonds is 9. The third-order valence-corrected chi connectivity index (χ3v) is 5.65. The first-order valence-electron chi connectivity index (χ1n) is 11.7. The first kappa shape index (κ1) is 29.8. The van der Waals surface area contributed by atoms with Crippen molar-refractivity contribution in [1.29, 1.82) is 0 Å². The van der Waals surface area contributed by atoms with Crippen LogP contribution in [0, 0.1) is 6.92 Å². The zero-order valence-corrected chi connectivity index (χ0v) is 25.0. The molecule has 0 saturated heterocycles. The van der Waals surface area contributed by atoms with Gasteiger partial charge in [-0.05, 0) is 78.9 Å². The maximum absolute atomic E-state index is 12.4. The van der Waals surface area contributed by atoms with Gasteiger partial charge in [-0.2, -0.15) is 0 Å². The van der Waals surface area contributed by atoms with Gasteiger partial charge in [-0.1, -0.05) is 36.4 Å². The van der Waals surface area contributed by atoms with Crippen LogP contribution in [0.3, 0.4) is 0 Å². The van der Waals surface area contributed by atoms with E-state index < -0.39 is 17.0 Å². The van der Waals surface area contributed by atoms with Crippen LogP contribution in [0.1, 0.15) is 40.9 Å². The van der Waals surface area contributed by atoms with Crippen LogP contribution in [-0.2, 0) is 13.2 Å². The number of hydrogen-bond acceptors (Lipinski definition) is 6. The molecule has 1 aromatic heterocycles. The molecule has 10 heteroatoms. The van der Waals surface area contributed by atoms with Crippen LogP contribution in [0.25, 0.3) is 11.1 Å². The average molecular weight is 542 g/mol. The van der Waals surface area contributed by atoms with Crippen molar-refractivity contribution in [2.24, 2.45) is 0 Å². The summed E-state index contributed by atoms with van der Waals surface area (Å²) < 4.78 is 11.6. The van der Waals surface area contributed by atoms with Gasteiger partial charge in [-0.25, -0.2) is 4.79 Å². The van der Waals surface area contributed by atoms with Crippen LogP contribution in [0.2, 0.25) is 0 Å². The van der Waals surface area contributed by atoms with Crippen molar-refractivity contribution in [1.82, 2.24) is 15.0 Å². The summed E-state index contributed by atoms with van der Waals surface area (Å²) in [5, 5.41) is 12.6. The Labute approximate surface area is 262 Å². The molecule has 4 rings (SSSR count). The number of ether oxygens (including phenoxy) is 1. The second kappa shape index (κ2) is 12.9. The maximum atomic E-state index is 12.4. The molecule has 9 nitrogen and oxygen atoms in total.